The molecule has 0 spiro atoms. The number of sulfone groups is 1. The molecule has 0 amide bonds. The third kappa shape index (κ3) is 4.23. The normalized spacial score (nSPS) is 22.8. The van der Waals surface area contributed by atoms with Crippen molar-refractivity contribution in [1.29, 1.82) is 0 Å². The van der Waals surface area contributed by atoms with Crippen molar-refractivity contribution in [3.05, 3.63) is 71.8 Å². The number of benzene rings is 2. The van der Waals surface area contributed by atoms with Crippen LogP contribution in [0.2, 0.25) is 0 Å². The van der Waals surface area contributed by atoms with Crippen LogP contribution in [-0.4, -0.2) is 43.7 Å². The fraction of sp³-hybridized carbons (Fsp3) is 0.368. The van der Waals surface area contributed by atoms with Crippen molar-refractivity contribution in [3.8, 4) is 0 Å². The Bertz CT molecular complexity index is 707. The first-order valence-electron chi connectivity index (χ1n) is 8.27. The Morgan fingerprint density at radius 1 is 0.958 bits per heavy atom. The summed E-state index contributed by atoms with van der Waals surface area (Å²) in [6.45, 7) is 0.658. The van der Waals surface area contributed by atoms with Gasteiger partial charge in [-0.25, -0.2) is 8.42 Å². The summed E-state index contributed by atoms with van der Waals surface area (Å²) in [6, 6.07) is 20.3. The molecule has 128 valence electrons. The topological polar surface area (TPSA) is 66.4 Å². The predicted molar refractivity (Wildman–Crippen MR) is 95.8 cm³/mol. The van der Waals surface area contributed by atoms with E-state index in [1.807, 2.05) is 36.4 Å². The van der Waals surface area contributed by atoms with Crippen LogP contribution in [0.15, 0.2) is 60.7 Å². The molecule has 1 aliphatic rings. The van der Waals surface area contributed by atoms with E-state index in [1.54, 1.807) is 0 Å². The van der Waals surface area contributed by atoms with Gasteiger partial charge in [0.05, 0.1) is 17.6 Å². The lowest BCUT2D eigenvalue weighted by Crippen LogP contribution is -2.39. The quantitative estimate of drug-likeness (QED) is 0.840. The molecule has 2 N–H and O–H groups in total. The van der Waals surface area contributed by atoms with Gasteiger partial charge in [-0.2, -0.15) is 0 Å². The molecule has 0 unspecified atom stereocenters. The maximum absolute atomic E-state index is 11.6. The Hall–Kier alpha value is -1.69. The lowest BCUT2D eigenvalue weighted by atomic mass is 9.88. The molecule has 0 aliphatic carbocycles. The number of hydrogen-bond donors (Lipinski definition) is 2. The molecule has 5 heteroatoms. The molecule has 4 nitrogen and oxygen atoms in total. The summed E-state index contributed by atoms with van der Waals surface area (Å²) in [5.74, 6) is 0.135. The van der Waals surface area contributed by atoms with E-state index in [9.17, 15) is 13.5 Å². The van der Waals surface area contributed by atoms with Crippen molar-refractivity contribution in [3.63, 3.8) is 0 Å². The van der Waals surface area contributed by atoms with Gasteiger partial charge in [0.1, 0.15) is 0 Å². The van der Waals surface area contributed by atoms with Crippen LogP contribution in [0.3, 0.4) is 0 Å². The first-order valence-corrected chi connectivity index (χ1v) is 10.1. The van der Waals surface area contributed by atoms with Crippen LogP contribution in [0.1, 0.15) is 23.5 Å². The number of aliphatic hydroxyl groups is 1. The minimum absolute atomic E-state index is 0.0233. The van der Waals surface area contributed by atoms with E-state index in [1.165, 1.54) is 11.1 Å². The van der Waals surface area contributed by atoms with Crippen LogP contribution in [0.25, 0.3) is 0 Å². The second-order valence-corrected chi connectivity index (χ2v) is 8.52. The number of rotatable bonds is 6. The highest BCUT2D eigenvalue weighted by Crippen LogP contribution is 2.27. The largest absolute Gasteiger partial charge is 0.390 e. The van der Waals surface area contributed by atoms with Gasteiger partial charge in [-0.15, -0.1) is 0 Å². The Kier molecular flexibility index (Phi) is 5.33. The molecule has 0 saturated carbocycles. The van der Waals surface area contributed by atoms with Crippen LogP contribution >= 0.6 is 0 Å². The average molecular weight is 345 g/mol. The molecule has 1 saturated heterocycles. The SMILES string of the molecule is O=S1(=O)C[C@H](O)[C@H](NCCC(c2ccccc2)c2ccccc2)C1. The Labute approximate surface area is 143 Å². The van der Waals surface area contributed by atoms with Gasteiger partial charge in [0.2, 0.25) is 0 Å². The maximum Gasteiger partial charge on any atom is 0.154 e. The van der Waals surface area contributed by atoms with Crippen LogP contribution in [-0.2, 0) is 9.84 Å². The fourth-order valence-corrected chi connectivity index (χ4v) is 5.11. The third-order valence-electron chi connectivity index (χ3n) is 4.57. The average Bonchev–Trinajstić information content (AvgIpc) is 2.85. The molecule has 2 atom stereocenters. The zero-order valence-corrected chi connectivity index (χ0v) is 14.3. The lowest BCUT2D eigenvalue weighted by Gasteiger charge is -2.21. The van der Waals surface area contributed by atoms with E-state index >= 15 is 0 Å². The van der Waals surface area contributed by atoms with Gasteiger partial charge < -0.3 is 10.4 Å². The van der Waals surface area contributed by atoms with Crippen molar-refractivity contribution in [2.24, 2.45) is 0 Å². The van der Waals surface area contributed by atoms with E-state index in [4.69, 9.17) is 0 Å². The Morgan fingerprint density at radius 2 is 1.50 bits per heavy atom. The van der Waals surface area contributed by atoms with Gasteiger partial charge in [0, 0.05) is 12.0 Å². The second kappa shape index (κ2) is 7.47. The summed E-state index contributed by atoms with van der Waals surface area (Å²) >= 11 is 0. The van der Waals surface area contributed by atoms with Gasteiger partial charge in [0.25, 0.3) is 0 Å². The van der Waals surface area contributed by atoms with Crippen LogP contribution in [0, 0.1) is 0 Å². The van der Waals surface area contributed by atoms with Crippen LogP contribution < -0.4 is 5.32 Å². The van der Waals surface area contributed by atoms with Crippen molar-refractivity contribution < 1.29 is 13.5 Å². The lowest BCUT2D eigenvalue weighted by molar-refractivity contribution is 0.166. The van der Waals surface area contributed by atoms with E-state index in [2.05, 4.69) is 29.6 Å². The number of aliphatic hydroxyl groups excluding tert-OH is 1. The fourth-order valence-electron chi connectivity index (χ4n) is 3.33. The first-order chi connectivity index (χ1) is 11.6. The minimum atomic E-state index is -3.11. The predicted octanol–water partition coefficient (Wildman–Crippen LogP) is 1.96. The smallest absolute Gasteiger partial charge is 0.154 e. The summed E-state index contributed by atoms with van der Waals surface area (Å²) in [5.41, 5.74) is 2.48. The molecule has 1 aliphatic heterocycles. The number of nitrogens with one attached hydrogen (secondary N) is 1. The monoisotopic (exact) mass is 345 g/mol. The number of hydrogen-bond acceptors (Lipinski definition) is 4. The summed E-state index contributed by atoms with van der Waals surface area (Å²) < 4.78 is 23.2. The van der Waals surface area contributed by atoms with E-state index in [0.29, 0.717) is 6.54 Å². The summed E-state index contributed by atoms with van der Waals surface area (Å²) in [5, 5.41) is 13.1. The van der Waals surface area contributed by atoms with Gasteiger partial charge in [-0.1, -0.05) is 60.7 Å². The van der Waals surface area contributed by atoms with Gasteiger partial charge in [-0.3, -0.25) is 0 Å². The van der Waals surface area contributed by atoms with E-state index in [-0.39, 0.29) is 23.5 Å². The molecule has 0 aromatic heterocycles. The highest BCUT2D eigenvalue weighted by Gasteiger charge is 2.35. The highest BCUT2D eigenvalue weighted by atomic mass is 32.2. The van der Waals surface area contributed by atoms with Crippen LogP contribution in [0.5, 0.6) is 0 Å². The van der Waals surface area contributed by atoms with Crippen molar-refractivity contribution >= 4 is 9.84 Å². The highest BCUT2D eigenvalue weighted by molar-refractivity contribution is 7.91. The van der Waals surface area contributed by atoms with Gasteiger partial charge in [0.15, 0.2) is 9.84 Å². The molecule has 3 rings (SSSR count). The third-order valence-corrected chi connectivity index (χ3v) is 6.28. The summed E-state index contributed by atoms with van der Waals surface area (Å²) in [6.07, 6.45) is 0.0407. The van der Waals surface area contributed by atoms with Crippen molar-refractivity contribution in [1.82, 2.24) is 5.32 Å². The van der Waals surface area contributed by atoms with Gasteiger partial charge in [-0.05, 0) is 24.1 Å². The minimum Gasteiger partial charge on any atom is -0.390 e. The molecule has 1 fully saturated rings. The zero-order valence-electron chi connectivity index (χ0n) is 13.5. The van der Waals surface area contributed by atoms with Crippen molar-refractivity contribution in [2.45, 2.75) is 24.5 Å². The van der Waals surface area contributed by atoms with E-state index in [0.717, 1.165) is 6.42 Å². The Balaban J connectivity index is 1.67. The van der Waals surface area contributed by atoms with Crippen LogP contribution in [0.4, 0.5) is 0 Å². The summed E-state index contributed by atoms with van der Waals surface area (Å²) in [4.78, 5) is 0. The van der Waals surface area contributed by atoms with Gasteiger partial charge >= 0.3 is 0 Å². The molecule has 24 heavy (non-hydrogen) atoms. The van der Waals surface area contributed by atoms with Crippen molar-refractivity contribution in [2.75, 3.05) is 18.1 Å². The molecular weight excluding hydrogens is 322 g/mol. The zero-order chi connectivity index (χ0) is 17.0. The first kappa shape index (κ1) is 17.1. The van der Waals surface area contributed by atoms with E-state index < -0.39 is 15.9 Å². The molecule has 1 heterocycles. The standard InChI is InChI=1S/C19H23NO3S/c21-19-14-24(22,23)13-18(19)20-12-11-17(15-7-3-1-4-8-15)16-9-5-2-6-10-16/h1-10,17-21H,11-14H2/t18-,19+/m1/s1. The Morgan fingerprint density at radius 3 is 1.96 bits per heavy atom. The maximum atomic E-state index is 11.6. The second-order valence-electron chi connectivity index (χ2n) is 6.37. The molecule has 2 aromatic rings. The molecule has 0 radical (unpaired) electrons. The molecule has 2 aromatic carbocycles. The molecular formula is C19H23NO3S. The molecule has 0 bridgehead atoms. The summed E-state index contributed by atoms with van der Waals surface area (Å²) in [7, 11) is -3.11.